The normalized spacial score (nSPS) is 11.2. The zero-order valence-corrected chi connectivity index (χ0v) is 8.63. The van der Waals surface area contributed by atoms with E-state index in [4.69, 9.17) is 10.8 Å². The van der Waals surface area contributed by atoms with E-state index in [0.717, 1.165) is 17.0 Å². The Hall–Kier alpha value is -2.23. The van der Waals surface area contributed by atoms with Crippen molar-refractivity contribution in [2.75, 3.05) is 5.73 Å². The lowest BCUT2D eigenvalue weighted by atomic mass is 10.2. The van der Waals surface area contributed by atoms with E-state index in [1.807, 2.05) is 35.0 Å². The van der Waals surface area contributed by atoms with E-state index in [2.05, 4.69) is 0 Å². The van der Waals surface area contributed by atoms with E-state index in [0.29, 0.717) is 12.2 Å². The Morgan fingerprint density at radius 3 is 3.00 bits per heavy atom. The summed E-state index contributed by atoms with van der Waals surface area (Å²) in [6.45, 7) is 0.527. The van der Waals surface area contributed by atoms with Gasteiger partial charge in [0, 0.05) is 24.5 Å². The molecule has 1 heterocycles. The van der Waals surface area contributed by atoms with Gasteiger partial charge in [0.1, 0.15) is 0 Å². The quantitative estimate of drug-likeness (QED) is 0.607. The zero-order chi connectivity index (χ0) is 11.5. The van der Waals surface area contributed by atoms with Gasteiger partial charge in [-0.2, -0.15) is 0 Å². The van der Waals surface area contributed by atoms with Gasteiger partial charge >= 0.3 is 5.97 Å². The first kappa shape index (κ1) is 10.3. The molecule has 16 heavy (non-hydrogen) atoms. The van der Waals surface area contributed by atoms with Gasteiger partial charge in [-0.1, -0.05) is 12.1 Å². The molecule has 0 aliphatic heterocycles. The number of benzene rings is 1. The number of fused-ring (bicyclic) bond motifs is 1. The predicted molar refractivity (Wildman–Crippen MR) is 63.1 cm³/mol. The molecule has 0 saturated heterocycles. The molecule has 4 nitrogen and oxygen atoms in total. The molecule has 0 aliphatic rings. The molecule has 3 N–H and O–H groups in total. The highest BCUT2D eigenvalue weighted by atomic mass is 16.4. The summed E-state index contributed by atoms with van der Waals surface area (Å²) in [5.41, 5.74) is 7.42. The molecule has 0 saturated carbocycles. The standard InChI is InChI=1S/C12H12N2O2/c13-10-4-3-9-5-7-14(11(9)8-10)6-1-2-12(15)16/h1-5,7-8H,6,13H2,(H,15,16)/b2-1+. The summed E-state index contributed by atoms with van der Waals surface area (Å²) < 4.78 is 1.95. The van der Waals surface area contributed by atoms with Crippen molar-refractivity contribution >= 4 is 22.6 Å². The monoisotopic (exact) mass is 216 g/mol. The van der Waals surface area contributed by atoms with E-state index in [9.17, 15) is 4.79 Å². The Morgan fingerprint density at radius 1 is 1.44 bits per heavy atom. The smallest absolute Gasteiger partial charge is 0.328 e. The van der Waals surface area contributed by atoms with Crippen LogP contribution in [0, 0.1) is 0 Å². The van der Waals surface area contributed by atoms with Crippen LogP contribution in [0.3, 0.4) is 0 Å². The number of aromatic nitrogens is 1. The molecular formula is C12H12N2O2. The summed E-state index contributed by atoms with van der Waals surface area (Å²) in [5, 5.41) is 9.58. The van der Waals surface area contributed by atoms with E-state index < -0.39 is 5.97 Å². The van der Waals surface area contributed by atoms with Gasteiger partial charge < -0.3 is 15.4 Å². The Balaban J connectivity index is 2.31. The number of allylic oxidation sites excluding steroid dienone is 1. The van der Waals surface area contributed by atoms with Crippen molar-refractivity contribution in [3.05, 3.63) is 42.6 Å². The average Bonchev–Trinajstić information content (AvgIpc) is 2.60. The van der Waals surface area contributed by atoms with Crippen LogP contribution in [0.25, 0.3) is 10.9 Å². The lowest BCUT2D eigenvalue weighted by Gasteiger charge is -2.01. The van der Waals surface area contributed by atoms with Crippen LogP contribution in [-0.2, 0) is 11.3 Å². The number of carbonyl (C=O) groups is 1. The fourth-order valence-corrected chi connectivity index (χ4v) is 1.63. The summed E-state index contributed by atoms with van der Waals surface area (Å²) in [6, 6.07) is 7.65. The Kier molecular flexibility index (Phi) is 2.64. The molecule has 0 bridgehead atoms. The number of nitrogens with two attached hydrogens (primary N) is 1. The van der Waals surface area contributed by atoms with Crippen LogP contribution in [0.4, 0.5) is 5.69 Å². The maximum atomic E-state index is 10.3. The first-order chi connectivity index (χ1) is 7.66. The molecule has 4 heteroatoms. The number of hydrogen-bond donors (Lipinski definition) is 2. The molecular weight excluding hydrogens is 204 g/mol. The summed E-state index contributed by atoms with van der Waals surface area (Å²) in [6.07, 6.45) is 4.65. The van der Waals surface area contributed by atoms with Gasteiger partial charge in [-0.25, -0.2) is 4.79 Å². The van der Waals surface area contributed by atoms with Crippen LogP contribution >= 0.6 is 0 Å². The van der Waals surface area contributed by atoms with Crippen LogP contribution in [-0.4, -0.2) is 15.6 Å². The highest BCUT2D eigenvalue weighted by molar-refractivity contribution is 5.83. The second kappa shape index (κ2) is 4.10. The largest absolute Gasteiger partial charge is 0.478 e. The number of nitrogens with zero attached hydrogens (tertiary/aromatic N) is 1. The topological polar surface area (TPSA) is 68.2 Å². The van der Waals surface area contributed by atoms with Gasteiger partial charge in [-0.15, -0.1) is 0 Å². The number of carboxylic acids is 1. The first-order valence-corrected chi connectivity index (χ1v) is 4.90. The maximum absolute atomic E-state index is 10.3. The molecule has 2 aromatic rings. The minimum Gasteiger partial charge on any atom is -0.478 e. The molecule has 0 aliphatic carbocycles. The number of rotatable bonds is 3. The van der Waals surface area contributed by atoms with Crippen molar-refractivity contribution in [3.8, 4) is 0 Å². The highest BCUT2D eigenvalue weighted by Gasteiger charge is 1.99. The fraction of sp³-hybridized carbons (Fsp3) is 0.0833. The van der Waals surface area contributed by atoms with Crippen molar-refractivity contribution < 1.29 is 9.90 Å². The Morgan fingerprint density at radius 2 is 2.25 bits per heavy atom. The van der Waals surface area contributed by atoms with Gasteiger partial charge in [0.25, 0.3) is 0 Å². The Labute approximate surface area is 92.6 Å². The number of aliphatic carboxylic acids is 1. The molecule has 0 fully saturated rings. The van der Waals surface area contributed by atoms with Crippen LogP contribution in [0.15, 0.2) is 42.6 Å². The maximum Gasteiger partial charge on any atom is 0.328 e. The molecule has 0 radical (unpaired) electrons. The van der Waals surface area contributed by atoms with Crippen LogP contribution in [0.5, 0.6) is 0 Å². The SMILES string of the molecule is Nc1ccc2ccn(C/C=C/C(=O)O)c2c1. The summed E-state index contributed by atoms with van der Waals surface area (Å²) in [7, 11) is 0. The van der Waals surface area contributed by atoms with Gasteiger partial charge in [0.15, 0.2) is 0 Å². The zero-order valence-electron chi connectivity index (χ0n) is 8.63. The van der Waals surface area contributed by atoms with Crippen molar-refractivity contribution in [3.63, 3.8) is 0 Å². The third-order valence-corrected chi connectivity index (χ3v) is 2.36. The van der Waals surface area contributed by atoms with E-state index >= 15 is 0 Å². The molecule has 0 spiro atoms. The van der Waals surface area contributed by atoms with Gasteiger partial charge in [0.2, 0.25) is 0 Å². The minimum absolute atomic E-state index is 0.527. The summed E-state index contributed by atoms with van der Waals surface area (Å²) in [5.74, 6) is -0.934. The van der Waals surface area contributed by atoms with Crippen molar-refractivity contribution in [2.45, 2.75) is 6.54 Å². The summed E-state index contributed by atoms with van der Waals surface area (Å²) in [4.78, 5) is 10.3. The van der Waals surface area contributed by atoms with Gasteiger partial charge in [-0.05, 0) is 23.6 Å². The molecule has 2 rings (SSSR count). The fourth-order valence-electron chi connectivity index (χ4n) is 1.63. The minimum atomic E-state index is -0.934. The lowest BCUT2D eigenvalue weighted by Crippen LogP contribution is -1.95. The number of carboxylic acid groups (broad SMARTS) is 1. The summed E-state index contributed by atoms with van der Waals surface area (Å²) >= 11 is 0. The third kappa shape index (κ3) is 2.06. The Bertz CT molecular complexity index is 555. The van der Waals surface area contributed by atoms with Gasteiger partial charge in [0.05, 0.1) is 5.52 Å². The molecule has 82 valence electrons. The molecule has 0 atom stereocenters. The number of anilines is 1. The molecule has 0 amide bonds. The second-order valence-electron chi connectivity index (χ2n) is 3.53. The molecule has 1 aromatic heterocycles. The van der Waals surface area contributed by atoms with Crippen LogP contribution in [0.2, 0.25) is 0 Å². The van der Waals surface area contributed by atoms with Crippen LogP contribution in [0.1, 0.15) is 0 Å². The number of nitrogen functional groups attached to an aromatic ring is 1. The van der Waals surface area contributed by atoms with E-state index in [1.165, 1.54) is 0 Å². The van der Waals surface area contributed by atoms with Crippen molar-refractivity contribution in [1.82, 2.24) is 4.57 Å². The lowest BCUT2D eigenvalue weighted by molar-refractivity contribution is -0.131. The third-order valence-electron chi connectivity index (χ3n) is 2.36. The average molecular weight is 216 g/mol. The van der Waals surface area contributed by atoms with E-state index in [1.54, 1.807) is 6.08 Å². The van der Waals surface area contributed by atoms with E-state index in [-0.39, 0.29) is 0 Å². The predicted octanol–water partition coefficient (Wildman–Crippen LogP) is 1.86. The van der Waals surface area contributed by atoms with Gasteiger partial charge in [-0.3, -0.25) is 0 Å². The van der Waals surface area contributed by atoms with Crippen molar-refractivity contribution in [1.29, 1.82) is 0 Å². The number of hydrogen-bond acceptors (Lipinski definition) is 2. The highest BCUT2D eigenvalue weighted by Crippen LogP contribution is 2.18. The molecule has 0 unspecified atom stereocenters. The van der Waals surface area contributed by atoms with Crippen molar-refractivity contribution in [2.24, 2.45) is 0 Å². The molecule has 1 aromatic carbocycles. The second-order valence-corrected chi connectivity index (χ2v) is 3.53. The van der Waals surface area contributed by atoms with Crippen LogP contribution < -0.4 is 5.73 Å². The first-order valence-electron chi connectivity index (χ1n) is 4.90.